The minimum atomic E-state index is -0.645. The number of carbonyl (C=O) groups is 2. The van der Waals surface area contributed by atoms with E-state index in [9.17, 15) is 19.7 Å². The summed E-state index contributed by atoms with van der Waals surface area (Å²) < 4.78 is 5.32. The number of aromatic nitrogens is 1. The number of hydrazine groups is 1. The summed E-state index contributed by atoms with van der Waals surface area (Å²) in [5.74, 6) is -0.757. The molecule has 3 heterocycles. The highest BCUT2D eigenvalue weighted by atomic mass is 32.1. The van der Waals surface area contributed by atoms with Crippen molar-refractivity contribution >= 4 is 39.7 Å². The lowest BCUT2D eigenvalue weighted by Gasteiger charge is -2.32. The molecule has 4 rings (SSSR count). The van der Waals surface area contributed by atoms with Gasteiger partial charge in [0.15, 0.2) is 5.13 Å². The molecule has 1 aromatic heterocycles. The van der Waals surface area contributed by atoms with Crippen LogP contribution in [-0.4, -0.2) is 61.1 Å². The van der Waals surface area contributed by atoms with Gasteiger partial charge >= 0.3 is 0 Å². The average molecular weight is 475 g/mol. The average Bonchev–Trinajstić information content (AvgIpc) is 3.33. The number of hydrogen-bond donors (Lipinski definition) is 2. The molecule has 2 aliphatic heterocycles. The largest absolute Gasteiger partial charge is 0.378 e. The van der Waals surface area contributed by atoms with E-state index >= 15 is 0 Å². The fourth-order valence-corrected chi connectivity index (χ4v) is 4.86. The Hall–Kier alpha value is -3.25. The van der Waals surface area contributed by atoms with Crippen LogP contribution in [-0.2, 0) is 4.74 Å². The molecule has 0 radical (unpaired) electrons. The summed E-state index contributed by atoms with van der Waals surface area (Å²) >= 11 is 1.34. The number of nitro benzene ring substituents is 1. The SMILES string of the molecule is C[C@H]1CCCN(c2ccc(C(=O)NNC(=O)c3csc(N4CCOCC4)n3)cc2[N+](=O)[O-])C1. The van der Waals surface area contributed by atoms with Crippen LogP contribution in [0, 0.1) is 16.0 Å². The van der Waals surface area contributed by atoms with Gasteiger partial charge in [0.05, 0.1) is 18.1 Å². The molecular formula is C21H26N6O5S. The van der Waals surface area contributed by atoms with E-state index in [1.54, 1.807) is 11.4 Å². The predicted molar refractivity (Wildman–Crippen MR) is 124 cm³/mol. The number of thiazole rings is 1. The lowest BCUT2D eigenvalue weighted by atomic mass is 9.99. The van der Waals surface area contributed by atoms with Gasteiger partial charge in [-0.3, -0.25) is 30.6 Å². The lowest BCUT2D eigenvalue weighted by molar-refractivity contribution is -0.384. The van der Waals surface area contributed by atoms with Gasteiger partial charge in [-0.2, -0.15) is 0 Å². The van der Waals surface area contributed by atoms with Crippen molar-refractivity contribution in [2.24, 2.45) is 5.92 Å². The molecule has 0 unspecified atom stereocenters. The molecular weight excluding hydrogens is 448 g/mol. The molecule has 2 amide bonds. The van der Waals surface area contributed by atoms with Crippen LogP contribution < -0.4 is 20.7 Å². The van der Waals surface area contributed by atoms with Gasteiger partial charge in [-0.1, -0.05) is 6.92 Å². The van der Waals surface area contributed by atoms with E-state index in [0.717, 1.165) is 25.9 Å². The topological polar surface area (TPSA) is 130 Å². The third-order valence-electron chi connectivity index (χ3n) is 5.73. The molecule has 2 saturated heterocycles. The number of piperidine rings is 1. The lowest BCUT2D eigenvalue weighted by Crippen LogP contribution is -2.42. The number of nitrogens with zero attached hydrogens (tertiary/aromatic N) is 4. The van der Waals surface area contributed by atoms with Crippen molar-refractivity contribution < 1.29 is 19.2 Å². The van der Waals surface area contributed by atoms with Crippen LogP contribution >= 0.6 is 11.3 Å². The summed E-state index contributed by atoms with van der Waals surface area (Å²) in [5, 5.41) is 14.0. The number of morpholine rings is 1. The van der Waals surface area contributed by atoms with E-state index in [-0.39, 0.29) is 16.9 Å². The summed E-state index contributed by atoms with van der Waals surface area (Å²) in [6, 6.07) is 4.37. The van der Waals surface area contributed by atoms with E-state index in [0.29, 0.717) is 43.0 Å². The summed E-state index contributed by atoms with van der Waals surface area (Å²) in [6.07, 6.45) is 2.06. The highest BCUT2D eigenvalue weighted by Crippen LogP contribution is 2.32. The van der Waals surface area contributed by atoms with Crippen molar-refractivity contribution in [1.29, 1.82) is 0 Å². The molecule has 1 atom stereocenters. The Kier molecular flexibility index (Phi) is 7.04. The molecule has 0 spiro atoms. The number of benzene rings is 1. The zero-order chi connectivity index (χ0) is 23.4. The van der Waals surface area contributed by atoms with Crippen LogP contribution in [0.15, 0.2) is 23.6 Å². The molecule has 1 aromatic carbocycles. The number of nitro groups is 1. The van der Waals surface area contributed by atoms with E-state index < -0.39 is 16.7 Å². The van der Waals surface area contributed by atoms with Crippen LogP contribution in [0.1, 0.15) is 40.6 Å². The summed E-state index contributed by atoms with van der Waals surface area (Å²) in [7, 11) is 0. The van der Waals surface area contributed by atoms with Crippen molar-refractivity contribution in [3.8, 4) is 0 Å². The highest BCUT2D eigenvalue weighted by Gasteiger charge is 2.25. The molecule has 2 N–H and O–H groups in total. The van der Waals surface area contributed by atoms with Crippen LogP contribution in [0.2, 0.25) is 0 Å². The maximum absolute atomic E-state index is 12.5. The van der Waals surface area contributed by atoms with Gasteiger partial charge in [0.2, 0.25) is 0 Å². The third kappa shape index (κ3) is 5.40. The summed E-state index contributed by atoms with van der Waals surface area (Å²) in [4.78, 5) is 44.5. The van der Waals surface area contributed by atoms with Gasteiger partial charge in [0.1, 0.15) is 11.4 Å². The molecule has 2 aliphatic rings. The van der Waals surface area contributed by atoms with Crippen LogP contribution in [0.3, 0.4) is 0 Å². The molecule has 176 valence electrons. The number of carbonyl (C=O) groups excluding carboxylic acids is 2. The Bertz CT molecular complexity index is 1040. The van der Waals surface area contributed by atoms with Gasteiger partial charge in [-0.15, -0.1) is 11.3 Å². The molecule has 12 heteroatoms. The normalized spacial score (nSPS) is 18.6. The fourth-order valence-electron chi connectivity index (χ4n) is 4.00. The van der Waals surface area contributed by atoms with Gasteiger partial charge in [0.25, 0.3) is 17.5 Å². The van der Waals surface area contributed by atoms with Crippen LogP contribution in [0.25, 0.3) is 0 Å². The zero-order valence-corrected chi connectivity index (χ0v) is 19.1. The number of anilines is 2. The molecule has 0 aliphatic carbocycles. The maximum Gasteiger partial charge on any atom is 0.293 e. The Morgan fingerprint density at radius 1 is 1.18 bits per heavy atom. The summed E-state index contributed by atoms with van der Waals surface area (Å²) in [5.41, 5.74) is 5.29. The van der Waals surface area contributed by atoms with Crippen molar-refractivity contribution in [2.75, 3.05) is 49.2 Å². The van der Waals surface area contributed by atoms with E-state index in [1.807, 2.05) is 9.80 Å². The van der Waals surface area contributed by atoms with E-state index in [2.05, 4.69) is 22.8 Å². The van der Waals surface area contributed by atoms with Crippen molar-refractivity contribution in [2.45, 2.75) is 19.8 Å². The maximum atomic E-state index is 12.5. The Morgan fingerprint density at radius 2 is 1.94 bits per heavy atom. The zero-order valence-electron chi connectivity index (χ0n) is 18.3. The number of nitrogens with one attached hydrogen (secondary N) is 2. The number of rotatable bonds is 5. The van der Waals surface area contributed by atoms with Gasteiger partial charge in [0, 0.05) is 43.2 Å². The molecule has 2 aromatic rings. The molecule has 2 fully saturated rings. The first-order valence-electron chi connectivity index (χ1n) is 10.8. The molecule has 33 heavy (non-hydrogen) atoms. The van der Waals surface area contributed by atoms with Crippen LogP contribution in [0.5, 0.6) is 0 Å². The first-order valence-corrected chi connectivity index (χ1v) is 11.7. The van der Waals surface area contributed by atoms with Gasteiger partial charge < -0.3 is 14.5 Å². The predicted octanol–water partition coefficient (Wildman–Crippen LogP) is 2.20. The highest BCUT2D eigenvalue weighted by molar-refractivity contribution is 7.13. The van der Waals surface area contributed by atoms with Crippen molar-refractivity contribution in [1.82, 2.24) is 15.8 Å². The monoisotopic (exact) mass is 474 g/mol. The second-order valence-corrected chi connectivity index (χ2v) is 9.01. The Morgan fingerprint density at radius 3 is 2.67 bits per heavy atom. The smallest absolute Gasteiger partial charge is 0.293 e. The number of ether oxygens (including phenoxy) is 1. The first-order chi connectivity index (χ1) is 15.9. The second kappa shape index (κ2) is 10.1. The van der Waals surface area contributed by atoms with E-state index in [4.69, 9.17) is 4.74 Å². The first kappa shape index (κ1) is 22.9. The quantitative estimate of drug-likeness (QED) is 0.498. The molecule has 0 saturated carbocycles. The standard InChI is InChI=1S/C21H26N6O5S/c1-14-3-2-6-26(12-14)17-5-4-15(11-18(17)27(30)31)19(28)23-24-20(29)16-13-33-21(22-16)25-7-9-32-10-8-25/h4-5,11,13-14H,2-3,6-10,12H2,1H3,(H,23,28)(H,24,29)/t14-/m0/s1. The van der Waals surface area contributed by atoms with Crippen molar-refractivity contribution in [3.05, 3.63) is 45.0 Å². The minimum Gasteiger partial charge on any atom is -0.378 e. The third-order valence-corrected chi connectivity index (χ3v) is 6.63. The summed E-state index contributed by atoms with van der Waals surface area (Å²) in [6.45, 7) is 6.23. The molecule has 0 bridgehead atoms. The second-order valence-electron chi connectivity index (χ2n) is 8.18. The van der Waals surface area contributed by atoms with E-state index in [1.165, 1.54) is 23.5 Å². The number of hydrogen-bond acceptors (Lipinski definition) is 9. The van der Waals surface area contributed by atoms with Crippen molar-refractivity contribution in [3.63, 3.8) is 0 Å². The fraction of sp³-hybridized carbons (Fsp3) is 0.476. The number of amides is 2. The molecule has 11 nitrogen and oxygen atoms in total. The Labute approximate surface area is 194 Å². The van der Waals surface area contributed by atoms with Gasteiger partial charge in [-0.25, -0.2) is 4.98 Å². The van der Waals surface area contributed by atoms with Gasteiger partial charge in [-0.05, 0) is 30.9 Å². The van der Waals surface area contributed by atoms with Crippen LogP contribution in [0.4, 0.5) is 16.5 Å². The Balaban J connectivity index is 1.40. The minimum absolute atomic E-state index is 0.0862.